The van der Waals surface area contributed by atoms with Crippen LogP contribution in [0, 0.1) is 0 Å². The molecule has 0 bridgehead atoms. The van der Waals surface area contributed by atoms with Crippen molar-refractivity contribution in [3.63, 3.8) is 0 Å². The van der Waals surface area contributed by atoms with Gasteiger partial charge in [0, 0.05) is 30.2 Å². The molecule has 0 radical (unpaired) electrons. The van der Waals surface area contributed by atoms with Crippen molar-refractivity contribution in [3.05, 3.63) is 58.1 Å². The molecule has 1 unspecified atom stereocenters. The number of aliphatic hydroxyl groups is 1. The van der Waals surface area contributed by atoms with Gasteiger partial charge in [-0.3, -0.25) is 0 Å². The quantitative estimate of drug-likeness (QED) is 0.825. The summed E-state index contributed by atoms with van der Waals surface area (Å²) in [6, 6.07) is 14.1. The Hall–Kier alpha value is -1.46. The second kappa shape index (κ2) is 8.28. The molecule has 134 valence electrons. The van der Waals surface area contributed by atoms with Crippen molar-refractivity contribution in [2.75, 3.05) is 31.2 Å². The van der Waals surface area contributed by atoms with Crippen molar-refractivity contribution in [2.45, 2.75) is 19.0 Å². The number of nitrogens with one attached hydrogen (secondary N) is 1. The normalized spacial score (nSPS) is 20.6. The molecule has 2 N–H and O–H groups in total. The predicted octanol–water partition coefficient (Wildman–Crippen LogP) is 3.90. The summed E-state index contributed by atoms with van der Waals surface area (Å²) in [5, 5.41) is 13.7. The molecule has 3 rings (SSSR count). The van der Waals surface area contributed by atoms with Crippen molar-refractivity contribution in [1.82, 2.24) is 5.32 Å². The molecule has 0 amide bonds. The van der Waals surface area contributed by atoms with Crippen LogP contribution in [-0.2, 0) is 0 Å². The van der Waals surface area contributed by atoms with Crippen molar-refractivity contribution < 1.29 is 9.84 Å². The zero-order valence-electron chi connectivity index (χ0n) is 14.1. The van der Waals surface area contributed by atoms with E-state index in [2.05, 4.69) is 29.3 Å². The first-order chi connectivity index (χ1) is 12.1. The van der Waals surface area contributed by atoms with Crippen LogP contribution in [0.5, 0.6) is 5.75 Å². The lowest BCUT2D eigenvalue weighted by molar-refractivity contribution is 0.201. The van der Waals surface area contributed by atoms with Gasteiger partial charge in [-0.15, -0.1) is 0 Å². The molecular weight excluding hydrogens is 359 g/mol. The van der Waals surface area contributed by atoms with Crippen molar-refractivity contribution in [3.8, 4) is 5.75 Å². The van der Waals surface area contributed by atoms with E-state index in [1.807, 2.05) is 24.3 Å². The summed E-state index contributed by atoms with van der Waals surface area (Å²) < 4.78 is 5.45. The van der Waals surface area contributed by atoms with Gasteiger partial charge in [0.15, 0.2) is 0 Å². The lowest BCUT2D eigenvalue weighted by Gasteiger charge is -2.43. The Labute approximate surface area is 158 Å². The Bertz CT molecular complexity index is 709. The monoisotopic (exact) mass is 380 g/mol. The third-order valence-corrected chi connectivity index (χ3v) is 4.95. The predicted molar refractivity (Wildman–Crippen MR) is 103 cm³/mol. The van der Waals surface area contributed by atoms with Gasteiger partial charge in [-0.2, -0.15) is 0 Å². The molecule has 2 atom stereocenters. The zero-order valence-corrected chi connectivity index (χ0v) is 15.6. The van der Waals surface area contributed by atoms with Gasteiger partial charge >= 0.3 is 0 Å². The number of piperazine rings is 1. The minimum atomic E-state index is -0.0210. The number of halogens is 2. The van der Waals surface area contributed by atoms with Gasteiger partial charge in [0.2, 0.25) is 0 Å². The smallest absolute Gasteiger partial charge is 0.121 e. The molecule has 0 aliphatic carbocycles. The van der Waals surface area contributed by atoms with Crippen LogP contribution in [0.2, 0.25) is 10.0 Å². The first-order valence-electron chi connectivity index (χ1n) is 8.38. The molecule has 2 aromatic carbocycles. The molecule has 0 aromatic heterocycles. The number of aliphatic hydroxyl groups excluding tert-OH is 1. The zero-order chi connectivity index (χ0) is 17.8. The van der Waals surface area contributed by atoms with E-state index in [1.165, 1.54) is 5.56 Å². The molecule has 0 spiro atoms. The van der Waals surface area contributed by atoms with Gasteiger partial charge in [0.25, 0.3) is 0 Å². The minimum absolute atomic E-state index is 0.0210. The summed E-state index contributed by atoms with van der Waals surface area (Å²) in [4.78, 5) is 2.35. The summed E-state index contributed by atoms with van der Waals surface area (Å²) in [5.74, 6) is 0.661. The largest absolute Gasteiger partial charge is 0.491 e. The fraction of sp³-hybridized carbons (Fsp3) is 0.368. The van der Waals surface area contributed by atoms with Crippen molar-refractivity contribution >= 4 is 28.9 Å². The average molecular weight is 381 g/mol. The number of rotatable bonds is 5. The van der Waals surface area contributed by atoms with E-state index in [4.69, 9.17) is 33.0 Å². The van der Waals surface area contributed by atoms with Crippen LogP contribution in [0.25, 0.3) is 0 Å². The first kappa shape index (κ1) is 18.3. The molecule has 0 saturated carbocycles. The fourth-order valence-electron chi connectivity index (χ4n) is 3.25. The molecule has 2 aromatic rings. The lowest BCUT2D eigenvalue weighted by Crippen LogP contribution is -2.52. The Kier molecular flexibility index (Phi) is 6.07. The summed E-state index contributed by atoms with van der Waals surface area (Å²) >= 11 is 12.6. The number of ether oxygens (including phenoxy) is 1. The molecule has 1 fully saturated rings. The SMILES string of the molecule is C[C@H]1CNCC(c2ccc(Cl)cc2)N1c1ccc(OCCO)cc1Cl. The maximum absolute atomic E-state index is 8.89. The Balaban J connectivity index is 1.92. The van der Waals surface area contributed by atoms with Crippen LogP contribution in [0.4, 0.5) is 5.69 Å². The maximum atomic E-state index is 8.89. The highest BCUT2D eigenvalue weighted by molar-refractivity contribution is 6.33. The summed E-state index contributed by atoms with van der Waals surface area (Å²) in [7, 11) is 0. The highest BCUT2D eigenvalue weighted by Gasteiger charge is 2.30. The van der Waals surface area contributed by atoms with E-state index >= 15 is 0 Å². The number of anilines is 1. The highest BCUT2D eigenvalue weighted by Crippen LogP contribution is 2.37. The van der Waals surface area contributed by atoms with Gasteiger partial charge in [0.1, 0.15) is 12.4 Å². The van der Waals surface area contributed by atoms with Crippen LogP contribution >= 0.6 is 23.2 Å². The molecule has 6 heteroatoms. The Morgan fingerprint density at radius 3 is 2.60 bits per heavy atom. The number of hydrogen-bond donors (Lipinski definition) is 2. The Morgan fingerprint density at radius 2 is 1.92 bits per heavy atom. The second-order valence-corrected chi connectivity index (χ2v) is 7.01. The maximum Gasteiger partial charge on any atom is 0.121 e. The van der Waals surface area contributed by atoms with Crippen LogP contribution < -0.4 is 15.0 Å². The summed E-state index contributed by atoms with van der Waals surface area (Å²) in [5.41, 5.74) is 2.17. The van der Waals surface area contributed by atoms with Crippen molar-refractivity contribution in [1.29, 1.82) is 0 Å². The third-order valence-electron chi connectivity index (χ3n) is 4.40. The van der Waals surface area contributed by atoms with E-state index in [1.54, 1.807) is 6.07 Å². The van der Waals surface area contributed by atoms with Crippen LogP contribution in [0.1, 0.15) is 18.5 Å². The van der Waals surface area contributed by atoms with E-state index in [0.29, 0.717) is 10.8 Å². The number of benzene rings is 2. The molecule has 1 aliphatic rings. The fourth-order valence-corrected chi connectivity index (χ4v) is 3.65. The standard InChI is InChI=1S/C19H22Cl2N2O2/c1-13-11-22-12-19(14-2-4-15(20)5-3-14)23(13)18-7-6-16(10-17(18)21)25-9-8-24/h2-7,10,13,19,22,24H,8-9,11-12H2,1H3/t13-,19?/m0/s1. The van der Waals surface area contributed by atoms with Gasteiger partial charge in [0.05, 0.1) is 23.4 Å². The third kappa shape index (κ3) is 4.21. The van der Waals surface area contributed by atoms with E-state index in [-0.39, 0.29) is 25.3 Å². The lowest BCUT2D eigenvalue weighted by atomic mass is 9.99. The topological polar surface area (TPSA) is 44.7 Å². The van der Waals surface area contributed by atoms with Crippen LogP contribution in [0.15, 0.2) is 42.5 Å². The molecule has 25 heavy (non-hydrogen) atoms. The van der Waals surface area contributed by atoms with E-state index in [9.17, 15) is 0 Å². The second-order valence-electron chi connectivity index (χ2n) is 6.17. The van der Waals surface area contributed by atoms with Crippen LogP contribution in [0.3, 0.4) is 0 Å². The summed E-state index contributed by atoms with van der Waals surface area (Å²) in [6.45, 7) is 4.15. The molecule has 1 saturated heterocycles. The summed E-state index contributed by atoms with van der Waals surface area (Å²) in [6.07, 6.45) is 0. The van der Waals surface area contributed by atoms with E-state index < -0.39 is 0 Å². The van der Waals surface area contributed by atoms with Crippen LogP contribution in [-0.4, -0.2) is 37.5 Å². The average Bonchev–Trinajstić information content (AvgIpc) is 2.61. The molecule has 4 nitrogen and oxygen atoms in total. The van der Waals surface area contributed by atoms with Gasteiger partial charge in [-0.25, -0.2) is 0 Å². The van der Waals surface area contributed by atoms with Gasteiger partial charge in [-0.05, 0) is 36.8 Å². The number of nitrogens with zero attached hydrogens (tertiary/aromatic N) is 1. The van der Waals surface area contributed by atoms with E-state index in [0.717, 1.165) is 23.8 Å². The Morgan fingerprint density at radius 1 is 1.16 bits per heavy atom. The molecule has 1 aliphatic heterocycles. The van der Waals surface area contributed by atoms with Gasteiger partial charge < -0.3 is 20.1 Å². The first-order valence-corrected chi connectivity index (χ1v) is 9.13. The van der Waals surface area contributed by atoms with Gasteiger partial charge in [-0.1, -0.05) is 35.3 Å². The van der Waals surface area contributed by atoms with Crippen molar-refractivity contribution in [2.24, 2.45) is 0 Å². The highest BCUT2D eigenvalue weighted by atomic mass is 35.5. The molecule has 1 heterocycles. The minimum Gasteiger partial charge on any atom is -0.491 e. The molecular formula is C19H22Cl2N2O2. The number of hydrogen-bond acceptors (Lipinski definition) is 4.